The van der Waals surface area contributed by atoms with Gasteiger partial charge in [0.2, 0.25) is 0 Å². The molecular formula is C17H16N2O. The van der Waals surface area contributed by atoms with Gasteiger partial charge in [-0.3, -0.25) is 9.48 Å². The lowest BCUT2D eigenvalue weighted by molar-refractivity contribution is 0.103. The largest absolute Gasteiger partial charge is 0.288 e. The standard InChI is InChI=1S/C17H16N2O/c1-11-16(12(2)19(3)18-11)17(20)15-9-8-13-6-4-5-7-14(13)10-15/h4-10H,1-3H3. The first-order valence-electron chi connectivity index (χ1n) is 6.61. The van der Waals surface area contributed by atoms with Crippen LogP contribution >= 0.6 is 0 Å². The number of benzene rings is 2. The lowest BCUT2D eigenvalue weighted by Crippen LogP contribution is -2.04. The third-order valence-electron chi connectivity index (χ3n) is 3.75. The molecule has 0 aliphatic heterocycles. The van der Waals surface area contributed by atoms with Crippen LogP contribution in [0.5, 0.6) is 0 Å². The van der Waals surface area contributed by atoms with Crippen LogP contribution in [0.25, 0.3) is 10.8 Å². The van der Waals surface area contributed by atoms with E-state index in [1.54, 1.807) is 4.68 Å². The lowest BCUT2D eigenvalue weighted by atomic mass is 9.99. The fraction of sp³-hybridized carbons (Fsp3) is 0.176. The number of rotatable bonds is 2. The molecule has 0 aliphatic carbocycles. The second kappa shape index (κ2) is 4.60. The number of nitrogens with zero attached hydrogens (tertiary/aromatic N) is 2. The van der Waals surface area contributed by atoms with E-state index in [1.807, 2.05) is 63.4 Å². The molecule has 100 valence electrons. The Morgan fingerprint density at radius 3 is 2.40 bits per heavy atom. The van der Waals surface area contributed by atoms with E-state index in [1.165, 1.54) is 0 Å². The molecule has 3 rings (SSSR count). The quantitative estimate of drug-likeness (QED) is 0.665. The van der Waals surface area contributed by atoms with E-state index >= 15 is 0 Å². The van der Waals surface area contributed by atoms with Crippen LogP contribution in [0.3, 0.4) is 0 Å². The number of hydrogen-bond acceptors (Lipinski definition) is 2. The minimum absolute atomic E-state index is 0.0406. The summed E-state index contributed by atoms with van der Waals surface area (Å²) in [5.74, 6) is 0.0406. The molecule has 3 aromatic rings. The molecule has 0 fully saturated rings. The Morgan fingerprint density at radius 1 is 1.05 bits per heavy atom. The van der Waals surface area contributed by atoms with Crippen LogP contribution in [-0.2, 0) is 7.05 Å². The van der Waals surface area contributed by atoms with Crippen molar-refractivity contribution in [3.63, 3.8) is 0 Å². The summed E-state index contributed by atoms with van der Waals surface area (Å²) in [5.41, 5.74) is 3.11. The summed E-state index contributed by atoms with van der Waals surface area (Å²) in [6, 6.07) is 13.9. The molecule has 0 spiro atoms. The number of aromatic nitrogens is 2. The van der Waals surface area contributed by atoms with Gasteiger partial charge < -0.3 is 0 Å². The van der Waals surface area contributed by atoms with Crippen LogP contribution in [0.15, 0.2) is 42.5 Å². The highest BCUT2D eigenvalue weighted by atomic mass is 16.1. The first-order chi connectivity index (χ1) is 9.58. The SMILES string of the molecule is Cc1nn(C)c(C)c1C(=O)c1ccc2ccccc2c1. The van der Waals surface area contributed by atoms with Crippen molar-refractivity contribution >= 4 is 16.6 Å². The third kappa shape index (κ3) is 1.92. The number of fused-ring (bicyclic) bond motifs is 1. The third-order valence-corrected chi connectivity index (χ3v) is 3.75. The monoisotopic (exact) mass is 264 g/mol. The fourth-order valence-corrected chi connectivity index (χ4v) is 2.58. The smallest absolute Gasteiger partial charge is 0.196 e. The average Bonchev–Trinajstić information content (AvgIpc) is 2.71. The molecule has 20 heavy (non-hydrogen) atoms. The molecule has 0 amide bonds. The van der Waals surface area contributed by atoms with E-state index in [4.69, 9.17) is 0 Å². The Balaban J connectivity index is 2.12. The number of carbonyl (C=O) groups excluding carboxylic acids is 1. The zero-order valence-corrected chi connectivity index (χ0v) is 11.8. The van der Waals surface area contributed by atoms with Gasteiger partial charge in [0.15, 0.2) is 5.78 Å². The van der Waals surface area contributed by atoms with Crippen LogP contribution in [0, 0.1) is 13.8 Å². The molecule has 0 bridgehead atoms. The second-order valence-electron chi connectivity index (χ2n) is 5.06. The van der Waals surface area contributed by atoms with Gasteiger partial charge in [0.1, 0.15) is 0 Å². The highest BCUT2D eigenvalue weighted by Crippen LogP contribution is 2.21. The molecule has 0 unspecified atom stereocenters. The molecule has 3 heteroatoms. The van der Waals surface area contributed by atoms with Gasteiger partial charge in [-0.2, -0.15) is 5.10 Å². The van der Waals surface area contributed by atoms with Crippen LogP contribution in [0.1, 0.15) is 27.3 Å². The summed E-state index contributed by atoms with van der Waals surface area (Å²) in [5, 5.41) is 6.54. The second-order valence-corrected chi connectivity index (χ2v) is 5.06. The van der Waals surface area contributed by atoms with Crippen molar-refractivity contribution in [1.82, 2.24) is 9.78 Å². The van der Waals surface area contributed by atoms with Crippen LogP contribution in [0.4, 0.5) is 0 Å². The predicted molar refractivity (Wildman–Crippen MR) is 80.1 cm³/mol. The highest BCUT2D eigenvalue weighted by molar-refractivity contribution is 6.11. The first kappa shape index (κ1) is 12.6. The van der Waals surface area contributed by atoms with E-state index in [0.29, 0.717) is 11.1 Å². The van der Waals surface area contributed by atoms with Gasteiger partial charge >= 0.3 is 0 Å². The van der Waals surface area contributed by atoms with Gasteiger partial charge in [0.05, 0.1) is 11.3 Å². The molecule has 0 atom stereocenters. The van der Waals surface area contributed by atoms with E-state index < -0.39 is 0 Å². The van der Waals surface area contributed by atoms with E-state index in [2.05, 4.69) is 5.10 Å². The Bertz CT molecular complexity index is 815. The topological polar surface area (TPSA) is 34.9 Å². The van der Waals surface area contributed by atoms with Crippen molar-refractivity contribution < 1.29 is 4.79 Å². The van der Waals surface area contributed by atoms with Gasteiger partial charge in [0, 0.05) is 18.3 Å². The summed E-state index contributed by atoms with van der Waals surface area (Å²) in [7, 11) is 1.86. The molecule has 0 radical (unpaired) electrons. The summed E-state index contributed by atoms with van der Waals surface area (Å²) in [6.45, 7) is 3.80. The van der Waals surface area contributed by atoms with Crippen molar-refractivity contribution in [2.75, 3.05) is 0 Å². The molecule has 1 heterocycles. The molecule has 1 aromatic heterocycles. The van der Waals surface area contributed by atoms with Crippen molar-refractivity contribution in [2.24, 2.45) is 7.05 Å². The maximum Gasteiger partial charge on any atom is 0.196 e. The Hall–Kier alpha value is -2.42. The molecule has 3 nitrogen and oxygen atoms in total. The maximum absolute atomic E-state index is 12.7. The van der Waals surface area contributed by atoms with Crippen LogP contribution in [-0.4, -0.2) is 15.6 Å². The Morgan fingerprint density at radius 2 is 1.75 bits per heavy atom. The summed E-state index contributed by atoms with van der Waals surface area (Å²) < 4.78 is 1.75. The van der Waals surface area contributed by atoms with Gasteiger partial charge in [-0.25, -0.2) is 0 Å². The molecule has 0 N–H and O–H groups in total. The van der Waals surface area contributed by atoms with Crippen molar-refractivity contribution in [3.05, 3.63) is 65.0 Å². The zero-order chi connectivity index (χ0) is 14.3. The highest BCUT2D eigenvalue weighted by Gasteiger charge is 2.18. The number of carbonyl (C=O) groups is 1. The van der Waals surface area contributed by atoms with Gasteiger partial charge in [-0.1, -0.05) is 36.4 Å². The number of hydrogen-bond donors (Lipinski definition) is 0. The zero-order valence-electron chi connectivity index (χ0n) is 11.8. The average molecular weight is 264 g/mol. The van der Waals surface area contributed by atoms with Gasteiger partial charge in [-0.15, -0.1) is 0 Å². The number of aryl methyl sites for hydroxylation is 2. The van der Waals surface area contributed by atoms with Crippen LogP contribution in [0.2, 0.25) is 0 Å². The van der Waals surface area contributed by atoms with E-state index in [9.17, 15) is 4.79 Å². The maximum atomic E-state index is 12.7. The Labute approximate surface area is 117 Å². The molecule has 0 saturated carbocycles. The minimum atomic E-state index is 0.0406. The van der Waals surface area contributed by atoms with Crippen molar-refractivity contribution in [3.8, 4) is 0 Å². The first-order valence-corrected chi connectivity index (χ1v) is 6.61. The Kier molecular flexibility index (Phi) is 2.90. The molecule has 0 saturated heterocycles. The summed E-state index contributed by atoms with van der Waals surface area (Å²) in [6.07, 6.45) is 0. The van der Waals surface area contributed by atoms with Gasteiger partial charge in [0.25, 0.3) is 0 Å². The molecule has 2 aromatic carbocycles. The summed E-state index contributed by atoms with van der Waals surface area (Å²) >= 11 is 0. The van der Waals surface area contributed by atoms with E-state index in [-0.39, 0.29) is 5.78 Å². The molecule has 0 aliphatic rings. The van der Waals surface area contributed by atoms with Crippen molar-refractivity contribution in [1.29, 1.82) is 0 Å². The van der Waals surface area contributed by atoms with E-state index in [0.717, 1.165) is 22.2 Å². The van der Waals surface area contributed by atoms with Crippen LogP contribution < -0.4 is 0 Å². The summed E-state index contributed by atoms with van der Waals surface area (Å²) in [4.78, 5) is 12.7. The van der Waals surface area contributed by atoms with Crippen molar-refractivity contribution in [2.45, 2.75) is 13.8 Å². The minimum Gasteiger partial charge on any atom is -0.288 e. The number of ketones is 1. The molecular weight excluding hydrogens is 248 g/mol. The van der Waals surface area contributed by atoms with Gasteiger partial charge in [-0.05, 0) is 30.7 Å². The normalized spacial score (nSPS) is 10.9. The predicted octanol–water partition coefficient (Wildman–Crippen LogP) is 3.42. The lowest BCUT2D eigenvalue weighted by Gasteiger charge is -2.04. The fourth-order valence-electron chi connectivity index (χ4n) is 2.58.